The van der Waals surface area contributed by atoms with Gasteiger partial charge in [0, 0.05) is 29.3 Å². The van der Waals surface area contributed by atoms with Gasteiger partial charge < -0.3 is 50.4 Å². The van der Waals surface area contributed by atoms with Crippen molar-refractivity contribution in [1.82, 2.24) is 9.97 Å². The number of carbonyl (C=O) groups is 1. The van der Waals surface area contributed by atoms with Crippen molar-refractivity contribution in [2.45, 2.75) is 75.4 Å². The third-order valence-corrected chi connectivity index (χ3v) is 12.6. The van der Waals surface area contributed by atoms with Gasteiger partial charge in [0.15, 0.2) is 23.0 Å². The van der Waals surface area contributed by atoms with Crippen LogP contribution in [0.3, 0.4) is 0 Å². The molecule has 1 fully saturated rings. The minimum atomic E-state index is -1.17. The van der Waals surface area contributed by atoms with Crippen molar-refractivity contribution in [1.29, 1.82) is 0 Å². The Morgan fingerprint density at radius 3 is 2.63 bits per heavy atom. The third-order valence-electron chi connectivity index (χ3n) is 12.6. The van der Waals surface area contributed by atoms with E-state index in [1.807, 2.05) is 54.6 Å². The molecule has 0 amide bonds. The lowest BCUT2D eigenvalue weighted by Crippen LogP contribution is -2.51. The maximum absolute atomic E-state index is 15.2. The number of aliphatic hydroxyl groups excluding tert-OH is 2. The Hall–Kier alpha value is -6.24. The normalized spacial score (nSPS) is 19.6. The van der Waals surface area contributed by atoms with Crippen LogP contribution in [0.15, 0.2) is 97.3 Å². The molecule has 7 N–H and O–H groups in total. The lowest BCUT2D eigenvalue weighted by atomic mass is 9.58. The number of aromatic nitrogens is 2. The van der Waals surface area contributed by atoms with E-state index in [1.165, 1.54) is 13.2 Å². The molecule has 2 aromatic heterocycles. The maximum Gasteiger partial charge on any atom is 0.200 e. The molecule has 8 rings (SSSR count). The van der Waals surface area contributed by atoms with Gasteiger partial charge in [-0.3, -0.25) is 4.79 Å². The van der Waals surface area contributed by atoms with E-state index in [2.05, 4.69) is 15.3 Å². The minimum absolute atomic E-state index is 0.0143. The van der Waals surface area contributed by atoms with Crippen molar-refractivity contribution in [3.05, 3.63) is 125 Å². The van der Waals surface area contributed by atoms with Crippen LogP contribution in [0.4, 0.5) is 11.5 Å². The fourth-order valence-corrected chi connectivity index (χ4v) is 9.72. The van der Waals surface area contributed by atoms with Crippen LogP contribution < -0.4 is 19.8 Å². The van der Waals surface area contributed by atoms with E-state index in [0.717, 1.165) is 51.7 Å². The third kappa shape index (κ3) is 8.04. The highest BCUT2D eigenvalue weighted by Gasteiger charge is 2.57. The van der Waals surface area contributed by atoms with Gasteiger partial charge in [-0.1, -0.05) is 30.3 Å². The first-order chi connectivity index (χ1) is 29.0. The van der Waals surface area contributed by atoms with Gasteiger partial charge in [-0.05, 0) is 139 Å². The minimum Gasteiger partial charge on any atom is -0.668 e. The van der Waals surface area contributed by atoms with E-state index >= 15 is 4.79 Å². The molecule has 6 aromatic rings. The number of phenols is 4. The Balaban J connectivity index is 1.20. The summed E-state index contributed by atoms with van der Waals surface area (Å²) >= 11 is 0. The first kappa shape index (κ1) is 40.5. The van der Waals surface area contributed by atoms with Crippen molar-refractivity contribution in [2.24, 2.45) is 11.8 Å². The van der Waals surface area contributed by atoms with Crippen LogP contribution in [-0.4, -0.2) is 67.3 Å². The number of rotatable bonds is 15. The van der Waals surface area contributed by atoms with Crippen LogP contribution in [0.25, 0.3) is 10.8 Å². The number of anilines is 2. The number of hydrogen-bond donors (Lipinski definition) is 7. The summed E-state index contributed by atoms with van der Waals surface area (Å²) in [6.07, 6.45) is 4.86. The number of fused-ring (bicyclic) bond motifs is 2. The molecule has 0 radical (unpaired) electrons. The standard InChI is InChI=1S/C48H50N3O9/c1-59-43-23-28(22-42(57)46(43)58)6-13-39(54)45(40(55)14-9-29-10-15-41(56)47-36(29)5-3-21-60-47)48(18-16-38(53)37(48)27-33-4-2-19-49-33)32-17-20-50-44(26-32)51-34-11-7-31-25-35(52)12-8-30(31)24-34/h2,4,7-8,10-12,15,17,19-20,22-26,37-38,40,45,52-53,55-58H,3,5-6,9,13-14,16,18,21,27H2,1H3,(H,50,51)/q-1/t37-,38+,40-,45-,48+/m1/s1. The van der Waals surface area contributed by atoms with E-state index in [4.69, 9.17) is 9.47 Å². The van der Waals surface area contributed by atoms with Crippen molar-refractivity contribution < 1.29 is 44.9 Å². The number of aryl methyl sites for hydroxylation is 2. The molecular weight excluding hydrogens is 763 g/mol. The van der Waals surface area contributed by atoms with Gasteiger partial charge in [-0.25, -0.2) is 4.98 Å². The molecule has 12 heteroatoms. The molecule has 3 heterocycles. The number of Topliss-reactive ketones (excluding diaryl/α,β-unsaturated/α-hetero) is 1. The number of phenolic OH excluding ortho intramolecular Hbond substituents is 4. The Morgan fingerprint density at radius 2 is 1.82 bits per heavy atom. The van der Waals surface area contributed by atoms with Crippen LogP contribution in [0.5, 0.6) is 34.5 Å². The Labute approximate surface area is 348 Å². The van der Waals surface area contributed by atoms with Gasteiger partial charge in [-0.2, -0.15) is 11.9 Å². The zero-order valence-corrected chi connectivity index (χ0v) is 33.4. The molecular formula is C48H50N3O9-. The van der Waals surface area contributed by atoms with Crippen molar-refractivity contribution in [3.63, 3.8) is 0 Å². The molecule has 60 heavy (non-hydrogen) atoms. The molecule has 0 spiro atoms. The molecule has 1 aliphatic carbocycles. The second-order valence-electron chi connectivity index (χ2n) is 16.1. The number of carbonyl (C=O) groups excluding carboxylic acids is 1. The summed E-state index contributed by atoms with van der Waals surface area (Å²) in [6.45, 7) is 0.507. The number of nitrogens with one attached hydrogen (secondary N) is 1. The van der Waals surface area contributed by atoms with Gasteiger partial charge in [0.1, 0.15) is 17.4 Å². The number of methoxy groups -OCH3 is 1. The van der Waals surface area contributed by atoms with Crippen molar-refractivity contribution in [3.8, 4) is 34.5 Å². The number of hydrogen-bond acceptors (Lipinski definition) is 11. The van der Waals surface area contributed by atoms with E-state index in [0.29, 0.717) is 49.4 Å². The number of nitrogens with zero attached hydrogens (tertiary/aromatic N) is 2. The Bertz CT molecular complexity index is 2490. The summed E-state index contributed by atoms with van der Waals surface area (Å²) in [6, 6.07) is 24.9. The van der Waals surface area contributed by atoms with E-state index in [1.54, 1.807) is 36.7 Å². The number of benzene rings is 4. The largest absolute Gasteiger partial charge is 0.668 e. The van der Waals surface area contributed by atoms with Gasteiger partial charge in [0.2, 0.25) is 5.75 Å². The summed E-state index contributed by atoms with van der Waals surface area (Å²) < 4.78 is 11.1. The predicted octanol–water partition coefficient (Wildman–Crippen LogP) is 7.15. The summed E-state index contributed by atoms with van der Waals surface area (Å²) in [5.74, 6) is -1.19. The zero-order valence-electron chi connectivity index (χ0n) is 33.4. The van der Waals surface area contributed by atoms with Gasteiger partial charge in [-0.15, -0.1) is 0 Å². The summed E-state index contributed by atoms with van der Waals surface area (Å²) in [4.78, 5) is 24.4. The van der Waals surface area contributed by atoms with Crippen LogP contribution in [0.1, 0.15) is 60.1 Å². The smallest absolute Gasteiger partial charge is 0.200 e. The number of aliphatic hydroxyl groups is 2. The quantitative estimate of drug-likeness (QED) is 0.0518. The number of ether oxygens (including phenoxy) is 2. The summed E-state index contributed by atoms with van der Waals surface area (Å²) in [5.41, 5.74) is 3.59. The SMILES string of the molecule is COc1cc(CCC(=O)[C@H]([C@H](O)CCc2ccc(O)c3c2CCCO3)[C@]2(c3ccnc(Nc4ccc5cc(O)ccc5c4)c3)CC[C@H](O)[C@H]2Cc2ccc[n-]2)cc(O)c1O. The van der Waals surface area contributed by atoms with Gasteiger partial charge >= 0.3 is 0 Å². The van der Waals surface area contributed by atoms with E-state index in [-0.39, 0.29) is 48.0 Å². The summed E-state index contributed by atoms with van der Waals surface area (Å²) in [5, 5.41) is 71.1. The van der Waals surface area contributed by atoms with Crippen molar-refractivity contribution >= 4 is 28.1 Å². The summed E-state index contributed by atoms with van der Waals surface area (Å²) in [7, 11) is 1.38. The molecule has 12 nitrogen and oxygen atoms in total. The first-order valence-corrected chi connectivity index (χ1v) is 20.5. The first-order valence-electron chi connectivity index (χ1n) is 20.5. The van der Waals surface area contributed by atoms with Crippen molar-refractivity contribution in [2.75, 3.05) is 19.0 Å². The van der Waals surface area contributed by atoms with Crippen LogP contribution in [0.2, 0.25) is 0 Å². The second-order valence-corrected chi connectivity index (χ2v) is 16.1. The van der Waals surface area contributed by atoms with Crippen LogP contribution >= 0.6 is 0 Å². The molecule has 0 bridgehead atoms. The number of ketones is 1. The Kier molecular flexibility index (Phi) is 11.6. The zero-order chi connectivity index (χ0) is 42.0. The van der Waals surface area contributed by atoms with E-state index in [9.17, 15) is 30.6 Å². The monoisotopic (exact) mass is 812 g/mol. The maximum atomic E-state index is 15.2. The Morgan fingerprint density at radius 1 is 0.983 bits per heavy atom. The van der Waals surface area contributed by atoms with Crippen LogP contribution in [-0.2, 0) is 35.9 Å². The molecule has 2 aliphatic rings. The number of aromatic hydroxyl groups is 4. The van der Waals surface area contributed by atoms with Gasteiger partial charge in [0.05, 0.1) is 31.8 Å². The lowest BCUT2D eigenvalue weighted by Gasteiger charge is -2.45. The highest BCUT2D eigenvalue weighted by Crippen LogP contribution is 2.54. The molecule has 0 saturated heterocycles. The molecule has 4 aromatic carbocycles. The lowest BCUT2D eigenvalue weighted by molar-refractivity contribution is -0.132. The molecule has 1 saturated carbocycles. The molecule has 1 aliphatic heterocycles. The molecule has 5 atom stereocenters. The highest BCUT2D eigenvalue weighted by molar-refractivity contribution is 5.87. The average Bonchev–Trinajstić information content (AvgIpc) is 3.89. The highest BCUT2D eigenvalue weighted by atomic mass is 16.5. The predicted molar refractivity (Wildman–Crippen MR) is 226 cm³/mol. The fraction of sp³-hybridized carbons (Fsp3) is 0.333. The number of pyridine rings is 1. The van der Waals surface area contributed by atoms with E-state index < -0.39 is 35.2 Å². The van der Waals surface area contributed by atoms with Gasteiger partial charge in [0.25, 0.3) is 0 Å². The average molecular weight is 813 g/mol. The fourth-order valence-electron chi connectivity index (χ4n) is 9.72. The van der Waals surface area contributed by atoms with Crippen LogP contribution in [0, 0.1) is 11.8 Å². The topological polar surface area (TPSA) is 196 Å². The molecule has 0 unspecified atom stereocenters. The second kappa shape index (κ2) is 17.2. The molecule has 312 valence electrons.